The molecule has 1 aliphatic rings. The standard InChI is InChI=1S/C14H13F3O/c1-2-10-3-4-12(11-5-7-18-8-6-11)13(9-10)14(15,16)17/h1,3-4,9,11H,5-8H2. The lowest BCUT2D eigenvalue weighted by Crippen LogP contribution is -2.18. The van der Waals surface area contributed by atoms with Crippen LogP contribution in [0.25, 0.3) is 0 Å². The Bertz CT molecular complexity index is 465. The molecule has 1 nitrogen and oxygen atoms in total. The Morgan fingerprint density at radius 3 is 2.44 bits per heavy atom. The average Bonchev–Trinajstić information content (AvgIpc) is 2.38. The van der Waals surface area contributed by atoms with Crippen molar-refractivity contribution in [2.24, 2.45) is 0 Å². The first-order chi connectivity index (χ1) is 8.52. The molecular weight excluding hydrogens is 241 g/mol. The summed E-state index contributed by atoms with van der Waals surface area (Å²) in [6, 6.07) is 4.14. The summed E-state index contributed by atoms with van der Waals surface area (Å²) in [5.41, 5.74) is -0.00668. The number of hydrogen-bond donors (Lipinski definition) is 0. The minimum atomic E-state index is -4.36. The van der Waals surface area contributed by atoms with E-state index in [1.807, 2.05) is 0 Å². The summed E-state index contributed by atoms with van der Waals surface area (Å²) in [6.07, 6.45) is 2.04. The first-order valence-corrected chi connectivity index (χ1v) is 5.78. The van der Waals surface area contributed by atoms with Gasteiger partial charge in [-0.25, -0.2) is 0 Å². The van der Waals surface area contributed by atoms with E-state index in [0.29, 0.717) is 31.6 Å². The van der Waals surface area contributed by atoms with Gasteiger partial charge in [0, 0.05) is 18.8 Å². The van der Waals surface area contributed by atoms with Gasteiger partial charge < -0.3 is 4.74 Å². The van der Waals surface area contributed by atoms with Gasteiger partial charge in [0.2, 0.25) is 0 Å². The molecule has 1 saturated heterocycles. The van der Waals surface area contributed by atoms with Crippen molar-refractivity contribution < 1.29 is 17.9 Å². The number of halogens is 3. The third kappa shape index (κ3) is 2.68. The van der Waals surface area contributed by atoms with Gasteiger partial charge in [0.15, 0.2) is 0 Å². The SMILES string of the molecule is C#Cc1ccc(C2CCOCC2)c(C(F)(F)F)c1. The summed E-state index contributed by atoms with van der Waals surface area (Å²) < 4.78 is 44.2. The Hall–Kier alpha value is -1.47. The molecule has 0 aromatic heterocycles. The van der Waals surface area contributed by atoms with Gasteiger partial charge in [-0.3, -0.25) is 0 Å². The van der Waals surface area contributed by atoms with E-state index in [0.717, 1.165) is 6.07 Å². The quantitative estimate of drug-likeness (QED) is 0.696. The third-order valence-electron chi connectivity index (χ3n) is 3.19. The number of rotatable bonds is 1. The van der Waals surface area contributed by atoms with Gasteiger partial charge in [-0.1, -0.05) is 12.0 Å². The Morgan fingerprint density at radius 2 is 1.89 bits per heavy atom. The fourth-order valence-corrected chi connectivity index (χ4v) is 2.26. The summed E-state index contributed by atoms with van der Waals surface area (Å²) in [6.45, 7) is 1.03. The molecule has 1 heterocycles. The fourth-order valence-electron chi connectivity index (χ4n) is 2.26. The highest BCUT2D eigenvalue weighted by molar-refractivity contribution is 5.42. The predicted molar refractivity (Wildman–Crippen MR) is 62.2 cm³/mol. The second-order valence-corrected chi connectivity index (χ2v) is 4.33. The van der Waals surface area contributed by atoms with Crippen molar-refractivity contribution in [1.82, 2.24) is 0 Å². The molecular formula is C14H13F3O. The molecule has 0 amide bonds. The van der Waals surface area contributed by atoms with Crippen molar-refractivity contribution in [2.75, 3.05) is 13.2 Å². The molecule has 0 unspecified atom stereocenters. The monoisotopic (exact) mass is 254 g/mol. The van der Waals surface area contributed by atoms with E-state index >= 15 is 0 Å². The van der Waals surface area contributed by atoms with E-state index in [-0.39, 0.29) is 11.5 Å². The lowest BCUT2D eigenvalue weighted by atomic mass is 9.87. The van der Waals surface area contributed by atoms with Gasteiger partial charge in [0.25, 0.3) is 0 Å². The number of hydrogen-bond acceptors (Lipinski definition) is 1. The Kier molecular flexibility index (Phi) is 3.63. The molecule has 96 valence electrons. The highest BCUT2D eigenvalue weighted by atomic mass is 19.4. The molecule has 1 aromatic rings. The first kappa shape index (κ1) is 13.0. The summed E-state index contributed by atoms with van der Waals surface area (Å²) >= 11 is 0. The molecule has 0 N–H and O–H groups in total. The Balaban J connectivity index is 2.42. The van der Waals surface area contributed by atoms with Gasteiger partial charge in [-0.2, -0.15) is 13.2 Å². The molecule has 1 fully saturated rings. The van der Waals surface area contributed by atoms with Crippen LogP contribution in [0.5, 0.6) is 0 Å². The van der Waals surface area contributed by atoms with Crippen molar-refractivity contribution in [3.8, 4) is 12.3 Å². The third-order valence-corrected chi connectivity index (χ3v) is 3.19. The van der Waals surface area contributed by atoms with Crippen molar-refractivity contribution in [2.45, 2.75) is 24.9 Å². The lowest BCUT2D eigenvalue weighted by molar-refractivity contribution is -0.138. The highest BCUT2D eigenvalue weighted by Gasteiger charge is 2.35. The van der Waals surface area contributed by atoms with Crippen molar-refractivity contribution in [1.29, 1.82) is 0 Å². The average molecular weight is 254 g/mol. The van der Waals surface area contributed by atoms with E-state index in [9.17, 15) is 13.2 Å². The highest BCUT2D eigenvalue weighted by Crippen LogP contribution is 2.38. The van der Waals surface area contributed by atoms with Crippen molar-refractivity contribution in [3.63, 3.8) is 0 Å². The number of alkyl halides is 3. The summed E-state index contributed by atoms with van der Waals surface area (Å²) in [7, 11) is 0. The van der Waals surface area contributed by atoms with E-state index in [1.54, 1.807) is 6.07 Å². The lowest BCUT2D eigenvalue weighted by Gasteiger charge is -2.25. The molecule has 0 radical (unpaired) electrons. The van der Waals surface area contributed by atoms with E-state index in [4.69, 9.17) is 11.2 Å². The number of terminal acetylenes is 1. The predicted octanol–water partition coefficient (Wildman–Crippen LogP) is 3.58. The summed E-state index contributed by atoms with van der Waals surface area (Å²) in [4.78, 5) is 0. The fraction of sp³-hybridized carbons (Fsp3) is 0.429. The molecule has 1 aliphatic heterocycles. The van der Waals surface area contributed by atoms with Crippen LogP contribution in [0, 0.1) is 12.3 Å². The first-order valence-electron chi connectivity index (χ1n) is 5.78. The van der Waals surface area contributed by atoms with Crippen LogP contribution in [0.3, 0.4) is 0 Å². The number of benzene rings is 1. The zero-order valence-corrected chi connectivity index (χ0v) is 9.76. The molecule has 4 heteroatoms. The minimum Gasteiger partial charge on any atom is -0.381 e. The Morgan fingerprint density at radius 1 is 1.22 bits per heavy atom. The van der Waals surface area contributed by atoms with Crippen LogP contribution in [0.15, 0.2) is 18.2 Å². The van der Waals surface area contributed by atoms with Gasteiger partial charge in [0.05, 0.1) is 5.56 Å². The van der Waals surface area contributed by atoms with Crippen LogP contribution in [-0.4, -0.2) is 13.2 Å². The maximum absolute atomic E-state index is 13.0. The van der Waals surface area contributed by atoms with Crippen LogP contribution in [-0.2, 0) is 10.9 Å². The van der Waals surface area contributed by atoms with Gasteiger partial charge in [0.1, 0.15) is 0 Å². The van der Waals surface area contributed by atoms with Crippen molar-refractivity contribution >= 4 is 0 Å². The maximum atomic E-state index is 13.0. The summed E-state index contributed by atoms with van der Waals surface area (Å²) in [5.74, 6) is 2.15. The molecule has 2 rings (SSSR count). The zero-order valence-electron chi connectivity index (χ0n) is 9.76. The molecule has 18 heavy (non-hydrogen) atoms. The molecule has 0 spiro atoms. The molecule has 0 saturated carbocycles. The molecule has 0 atom stereocenters. The van der Waals surface area contributed by atoms with Crippen LogP contribution in [0.4, 0.5) is 13.2 Å². The van der Waals surface area contributed by atoms with Crippen LogP contribution in [0.2, 0.25) is 0 Å². The topological polar surface area (TPSA) is 9.23 Å². The smallest absolute Gasteiger partial charge is 0.381 e. The largest absolute Gasteiger partial charge is 0.416 e. The normalized spacial score (nSPS) is 17.4. The van der Waals surface area contributed by atoms with Crippen LogP contribution < -0.4 is 0 Å². The summed E-state index contributed by atoms with van der Waals surface area (Å²) in [5, 5.41) is 0. The second kappa shape index (κ2) is 5.03. The van der Waals surface area contributed by atoms with Gasteiger partial charge >= 0.3 is 6.18 Å². The zero-order chi connectivity index (χ0) is 13.2. The van der Waals surface area contributed by atoms with Gasteiger partial charge in [-0.15, -0.1) is 6.42 Å². The number of ether oxygens (including phenoxy) is 1. The maximum Gasteiger partial charge on any atom is 0.416 e. The van der Waals surface area contributed by atoms with Gasteiger partial charge in [-0.05, 0) is 36.5 Å². The second-order valence-electron chi connectivity index (χ2n) is 4.33. The minimum absolute atomic E-state index is 0.0952. The van der Waals surface area contributed by atoms with Crippen molar-refractivity contribution in [3.05, 3.63) is 34.9 Å². The van der Waals surface area contributed by atoms with E-state index < -0.39 is 11.7 Å². The molecule has 0 bridgehead atoms. The van der Waals surface area contributed by atoms with E-state index in [2.05, 4.69) is 5.92 Å². The molecule has 0 aliphatic carbocycles. The van der Waals surface area contributed by atoms with Crippen LogP contribution in [0.1, 0.15) is 35.4 Å². The molecule has 1 aromatic carbocycles. The Labute approximate surface area is 104 Å². The van der Waals surface area contributed by atoms with Crippen LogP contribution >= 0.6 is 0 Å². The van der Waals surface area contributed by atoms with E-state index in [1.165, 1.54) is 6.07 Å².